The molecule has 0 saturated heterocycles. The molecule has 1 N–H and O–H groups in total. The summed E-state index contributed by atoms with van der Waals surface area (Å²) in [6.45, 7) is 6.38. The van der Waals surface area contributed by atoms with Crippen molar-refractivity contribution in [3.8, 4) is 0 Å². The Bertz CT molecular complexity index is 779. The van der Waals surface area contributed by atoms with Crippen LogP contribution >= 0.6 is 23.6 Å². The molecule has 98 valence electrons. The van der Waals surface area contributed by atoms with Gasteiger partial charge in [0.05, 0.1) is 16.6 Å². The number of fused-ring (bicyclic) bond motifs is 1. The van der Waals surface area contributed by atoms with E-state index in [0.717, 1.165) is 20.8 Å². The van der Waals surface area contributed by atoms with E-state index in [0.29, 0.717) is 0 Å². The summed E-state index contributed by atoms with van der Waals surface area (Å²) in [5.41, 5.74) is 3.17. The van der Waals surface area contributed by atoms with Gasteiger partial charge in [-0.25, -0.2) is 4.98 Å². The second-order valence-electron chi connectivity index (χ2n) is 5.18. The Hall–Kier alpha value is -1.46. The van der Waals surface area contributed by atoms with Gasteiger partial charge >= 0.3 is 0 Å². The molecule has 2 aromatic heterocycles. The molecule has 1 aromatic carbocycles. The van der Waals surface area contributed by atoms with Crippen LogP contribution in [0.15, 0.2) is 29.8 Å². The molecule has 0 aliphatic heterocycles. The standard InChI is InChI=1S/C14H15N3S2/c1-9-4-5-11-10(8-9)16-13(18)17(11)14(2,3)12-15-6-7-19-12/h4-8H,1-3H3,(H,16,18). The zero-order valence-corrected chi connectivity index (χ0v) is 12.7. The van der Waals surface area contributed by atoms with Crippen molar-refractivity contribution in [1.82, 2.24) is 14.5 Å². The van der Waals surface area contributed by atoms with Crippen molar-refractivity contribution in [2.24, 2.45) is 0 Å². The lowest BCUT2D eigenvalue weighted by atomic mass is 10.1. The molecule has 19 heavy (non-hydrogen) atoms. The zero-order chi connectivity index (χ0) is 13.6. The highest BCUT2D eigenvalue weighted by Crippen LogP contribution is 2.31. The molecular formula is C14H15N3S2. The Morgan fingerprint density at radius 3 is 2.84 bits per heavy atom. The Kier molecular flexibility index (Phi) is 2.83. The molecule has 0 aliphatic rings. The predicted octanol–water partition coefficient (Wildman–Crippen LogP) is 4.25. The lowest BCUT2D eigenvalue weighted by Gasteiger charge is -2.25. The Morgan fingerprint density at radius 2 is 2.16 bits per heavy atom. The van der Waals surface area contributed by atoms with Gasteiger partial charge in [0.1, 0.15) is 5.01 Å². The van der Waals surface area contributed by atoms with Crippen LogP contribution in [-0.4, -0.2) is 14.5 Å². The van der Waals surface area contributed by atoms with Gasteiger partial charge < -0.3 is 9.55 Å². The number of thiazole rings is 1. The number of nitrogens with one attached hydrogen (secondary N) is 1. The smallest absolute Gasteiger partial charge is 0.178 e. The highest BCUT2D eigenvalue weighted by molar-refractivity contribution is 7.71. The lowest BCUT2D eigenvalue weighted by molar-refractivity contribution is 0.441. The van der Waals surface area contributed by atoms with Gasteiger partial charge in [0.2, 0.25) is 0 Å². The largest absolute Gasteiger partial charge is 0.331 e. The molecule has 3 rings (SSSR count). The number of nitrogens with zero attached hydrogens (tertiary/aromatic N) is 2. The molecule has 0 fully saturated rings. The van der Waals surface area contributed by atoms with E-state index in [1.54, 1.807) is 11.3 Å². The number of H-pyrrole nitrogens is 1. The lowest BCUT2D eigenvalue weighted by Crippen LogP contribution is -2.27. The average Bonchev–Trinajstić information content (AvgIpc) is 2.94. The Morgan fingerprint density at radius 1 is 1.37 bits per heavy atom. The maximum atomic E-state index is 5.50. The van der Waals surface area contributed by atoms with Gasteiger partial charge in [-0.15, -0.1) is 11.3 Å². The minimum absolute atomic E-state index is 0.251. The first-order valence-electron chi connectivity index (χ1n) is 6.12. The second kappa shape index (κ2) is 4.28. The summed E-state index contributed by atoms with van der Waals surface area (Å²) in [5.74, 6) is 0. The quantitative estimate of drug-likeness (QED) is 0.716. The molecule has 3 nitrogen and oxygen atoms in total. The van der Waals surface area contributed by atoms with Crippen LogP contribution in [0.25, 0.3) is 11.0 Å². The molecule has 3 aromatic rings. The maximum absolute atomic E-state index is 5.50. The van der Waals surface area contributed by atoms with Gasteiger partial charge in [-0.05, 0) is 50.7 Å². The molecule has 0 bridgehead atoms. The van der Waals surface area contributed by atoms with Crippen molar-refractivity contribution in [3.05, 3.63) is 45.1 Å². The van der Waals surface area contributed by atoms with Crippen LogP contribution in [0.5, 0.6) is 0 Å². The van der Waals surface area contributed by atoms with Crippen molar-refractivity contribution < 1.29 is 0 Å². The molecular weight excluding hydrogens is 274 g/mol. The fourth-order valence-electron chi connectivity index (χ4n) is 2.40. The van der Waals surface area contributed by atoms with Gasteiger partial charge in [-0.1, -0.05) is 6.07 Å². The van der Waals surface area contributed by atoms with Crippen molar-refractivity contribution in [2.75, 3.05) is 0 Å². The third kappa shape index (κ3) is 1.93. The number of hydrogen-bond acceptors (Lipinski definition) is 3. The first-order chi connectivity index (χ1) is 9.00. The number of rotatable bonds is 2. The van der Waals surface area contributed by atoms with Gasteiger partial charge in [-0.2, -0.15) is 0 Å². The fraction of sp³-hybridized carbons (Fsp3) is 0.286. The minimum Gasteiger partial charge on any atom is -0.331 e. The zero-order valence-electron chi connectivity index (χ0n) is 11.1. The molecule has 0 aliphatic carbocycles. The van der Waals surface area contributed by atoms with Gasteiger partial charge in [0, 0.05) is 11.6 Å². The van der Waals surface area contributed by atoms with Crippen molar-refractivity contribution in [2.45, 2.75) is 26.3 Å². The summed E-state index contributed by atoms with van der Waals surface area (Å²) in [5, 5.41) is 3.06. The topological polar surface area (TPSA) is 33.6 Å². The summed E-state index contributed by atoms with van der Waals surface area (Å²) in [7, 11) is 0. The number of aromatic amines is 1. The molecule has 0 unspecified atom stereocenters. The first kappa shape index (κ1) is 12.6. The van der Waals surface area contributed by atoms with Gasteiger partial charge in [-0.3, -0.25) is 0 Å². The Labute approximate surface area is 120 Å². The van der Waals surface area contributed by atoms with Crippen molar-refractivity contribution >= 4 is 34.6 Å². The van der Waals surface area contributed by atoms with E-state index in [9.17, 15) is 0 Å². The van der Waals surface area contributed by atoms with Crippen LogP contribution in [0.2, 0.25) is 0 Å². The second-order valence-corrected chi connectivity index (χ2v) is 6.46. The monoisotopic (exact) mass is 289 g/mol. The maximum Gasteiger partial charge on any atom is 0.178 e. The number of hydrogen-bond donors (Lipinski definition) is 1. The fourth-order valence-corrected chi connectivity index (χ4v) is 3.59. The van der Waals surface area contributed by atoms with Crippen LogP contribution in [0.1, 0.15) is 24.4 Å². The summed E-state index contributed by atoms with van der Waals surface area (Å²) in [6, 6.07) is 6.35. The molecule has 0 saturated carbocycles. The van der Waals surface area contributed by atoms with Crippen molar-refractivity contribution in [3.63, 3.8) is 0 Å². The van der Waals surface area contributed by atoms with Crippen LogP contribution in [0, 0.1) is 11.7 Å². The van der Waals surface area contributed by atoms with E-state index in [2.05, 4.69) is 53.5 Å². The Balaban J connectivity index is 2.31. The molecule has 0 amide bonds. The van der Waals surface area contributed by atoms with E-state index < -0.39 is 0 Å². The summed E-state index contributed by atoms with van der Waals surface area (Å²) in [4.78, 5) is 7.74. The summed E-state index contributed by atoms with van der Waals surface area (Å²) >= 11 is 7.16. The number of imidazole rings is 1. The summed E-state index contributed by atoms with van der Waals surface area (Å²) in [6.07, 6.45) is 1.84. The minimum atomic E-state index is -0.251. The first-order valence-corrected chi connectivity index (χ1v) is 7.41. The van der Waals surface area contributed by atoms with Gasteiger partial charge in [0.15, 0.2) is 4.77 Å². The molecule has 2 heterocycles. The van der Waals surface area contributed by atoms with E-state index in [1.165, 1.54) is 5.56 Å². The number of benzene rings is 1. The highest BCUT2D eigenvalue weighted by atomic mass is 32.1. The third-order valence-corrected chi connectivity index (χ3v) is 4.72. The normalized spacial score (nSPS) is 12.2. The van der Waals surface area contributed by atoms with Crippen LogP contribution in [0.4, 0.5) is 0 Å². The molecule has 0 atom stereocenters. The van der Waals surface area contributed by atoms with E-state index in [1.807, 2.05) is 11.6 Å². The van der Waals surface area contributed by atoms with E-state index in [-0.39, 0.29) is 5.54 Å². The molecule has 5 heteroatoms. The highest BCUT2D eigenvalue weighted by Gasteiger charge is 2.28. The van der Waals surface area contributed by atoms with E-state index in [4.69, 9.17) is 12.2 Å². The van der Waals surface area contributed by atoms with Gasteiger partial charge in [0.25, 0.3) is 0 Å². The molecule has 0 radical (unpaired) electrons. The van der Waals surface area contributed by atoms with Crippen LogP contribution in [-0.2, 0) is 5.54 Å². The average molecular weight is 289 g/mol. The van der Waals surface area contributed by atoms with Crippen molar-refractivity contribution in [1.29, 1.82) is 0 Å². The number of aryl methyl sites for hydroxylation is 1. The number of aromatic nitrogens is 3. The predicted molar refractivity (Wildman–Crippen MR) is 82.4 cm³/mol. The summed E-state index contributed by atoms with van der Waals surface area (Å²) < 4.78 is 2.89. The van der Waals surface area contributed by atoms with Crippen LogP contribution in [0.3, 0.4) is 0 Å². The third-order valence-electron chi connectivity index (χ3n) is 3.35. The van der Waals surface area contributed by atoms with E-state index >= 15 is 0 Å². The SMILES string of the molecule is Cc1ccc2c(c1)[nH]c(=S)n2C(C)(C)c1nccs1. The molecule has 0 spiro atoms. The van der Waals surface area contributed by atoms with Crippen LogP contribution < -0.4 is 0 Å².